The van der Waals surface area contributed by atoms with Crippen LogP contribution in [0.5, 0.6) is 0 Å². The fraction of sp³-hybridized carbons (Fsp3) is 0.391. The molecule has 0 spiro atoms. The van der Waals surface area contributed by atoms with Gasteiger partial charge in [-0.1, -0.05) is 6.07 Å². The maximum atomic E-state index is 10.2. The summed E-state index contributed by atoms with van der Waals surface area (Å²) in [7, 11) is 0. The Morgan fingerprint density at radius 2 is 2.03 bits per heavy atom. The first kappa shape index (κ1) is 19.5. The molecule has 1 aliphatic carbocycles. The molecule has 1 saturated heterocycles. The summed E-state index contributed by atoms with van der Waals surface area (Å²) < 4.78 is 5.91. The quantitative estimate of drug-likeness (QED) is 0.469. The van der Waals surface area contributed by atoms with E-state index in [2.05, 4.69) is 20.6 Å². The number of fused-ring (bicyclic) bond motifs is 2. The molecule has 4 atom stereocenters. The summed E-state index contributed by atoms with van der Waals surface area (Å²) in [6.45, 7) is -0.214. The number of aliphatic imine (C=N–C) groups is 1. The van der Waals surface area contributed by atoms with Crippen LogP contribution in [0.25, 0.3) is 10.9 Å². The van der Waals surface area contributed by atoms with Gasteiger partial charge in [0, 0.05) is 30.3 Å². The maximum Gasteiger partial charge on any atom is 0.229 e. The largest absolute Gasteiger partial charge is 0.394 e. The average molecular weight is 432 g/mol. The van der Waals surface area contributed by atoms with Crippen LogP contribution in [0, 0.1) is 0 Å². The van der Waals surface area contributed by atoms with Gasteiger partial charge in [0.05, 0.1) is 41.6 Å². The van der Waals surface area contributed by atoms with Gasteiger partial charge >= 0.3 is 0 Å². The fourth-order valence-corrected chi connectivity index (χ4v) is 4.40. The van der Waals surface area contributed by atoms with Gasteiger partial charge < -0.3 is 25.6 Å². The van der Waals surface area contributed by atoms with Gasteiger partial charge in [0.15, 0.2) is 5.82 Å². The van der Waals surface area contributed by atoms with Crippen LogP contribution in [0.2, 0.25) is 0 Å². The first-order valence-electron chi connectivity index (χ1n) is 11.0. The molecular weight excluding hydrogens is 408 g/mol. The molecule has 1 saturated carbocycles. The molecule has 1 aromatic carbocycles. The summed E-state index contributed by atoms with van der Waals surface area (Å²) in [6, 6.07) is 10.2. The lowest BCUT2D eigenvalue weighted by molar-refractivity contribution is -0.0234. The SMILES string of the molecule is OCC1OC(C2C=Nc3c(NC4CC4)nc(Nc4cccc5ncccc45)nc32)CC1O. The Kier molecular flexibility index (Phi) is 4.74. The van der Waals surface area contributed by atoms with Crippen LogP contribution < -0.4 is 10.6 Å². The van der Waals surface area contributed by atoms with Crippen molar-refractivity contribution < 1.29 is 14.9 Å². The molecule has 0 radical (unpaired) electrons. The van der Waals surface area contributed by atoms with E-state index < -0.39 is 12.2 Å². The van der Waals surface area contributed by atoms with Crippen LogP contribution in [-0.4, -0.2) is 62.3 Å². The van der Waals surface area contributed by atoms with Gasteiger partial charge in [0.2, 0.25) is 5.95 Å². The molecule has 0 bridgehead atoms. The van der Waals surface area contributed by atoms with Crippen molar-refractivity contribution in [2.24, 2.45) is 4.99 Å². The van der Waals surface area contributed by atoms with Crippen molar-refractivity contribution in [1.82, 2.24) is 15.0 Å². The van der Waals surface area contributed by atoms with Crippen LogP contribution in [0.3, 0.4) is 0 Å². The molecule has 4 heterocycles. The number of ether oxygens (including phenoxy) is 1. The third-order valence-corrected chi connectivity index (χ3v) is 6.23. The Balaban J connectivity index is 1.37. The first-order valence-corrected chi connectivity index (χ1v) is 11.0. The number of nitrogens with zero attached hydrogens (tertiary/aromatic N) is 4. The minimum atomic E-state index is -0.700. The number of hydrogen-bond acceptors (Lipinski definition) is 9. The highest BCUT2D eigenvalue weighted by molar-refractivity contribution is 5.93. The van der Waals surface area contributed by atoms with Crippen molar-refractivity contribution in [3.8, 4) is 0 Å². The highest BCUT2D eigenvalue weighted by Gasteiger charge is 2.41. The van der Waals surface area contributed by atoms with Crippen LogP contribution in [-0.2, 0) is 4.74 Å². The highest BCUT2D eigenvalue weighted by Crippen LogP contribution is 2.43. The van der Waals surface area contributed by atoms with E-state index in [-0.39, 0.29) is 18.6 Å². The molecule has 2 aliphatic heterocycles. The number of pyridine rings is 1. The van der Waals surface area contributed by atoms with E-state index >= 15 is 0 Å². The van der Waals surface area contributed by atoms with Crippen LogP contribution in [0.4, 0.5) is 23.1 Å². The summed E-state index contributed by atoms with van der Waals surface area (Å²) in [4.78, 5) is 18.6. The Morgan fingerprint density at radius 3 is 2.84 bits per heavy atom. The molecule has 9 nitrogen and oxygen atoms in total. The van der Waals surface area contributed by atoms with E-state index in [9.17, 15) is 10.2 Å². The fourth-order valence-electron chi connectivity index (χ4n) is 4.40. The Labute approximate surface area is 184 Å². The van der Waals surface area contributed by atoms with Gasteiger partial charge in [-0.15, -0.1) is 0 Å². The highest BCUT2D eigenvalue weighted by atomic mass is 16.5. The van der Waals surface area contributed by atoms with Crippen LogP contribution in [0.1, 0.15) is 30.9 Å². The smallest absolute Gasteiger partial charge is 0.229 e. The topological polar surface area (TPSA) is 125 Å². The third kappa shape index (κ3) is 3.48. The number of anilines is 3. The number of rotatable bonds is 6. The summed E-state index contributed by atoms with van der Waals surface area (Å²) in [5.41, 5.74) is 3.24. The zero-order chi connectivity index (χ0) is 21.7. The monoisotopic (exact) mass is 432 g/mol. The molecular formula is C23H24N6O3. The van der Waals surface area contributed by atoms with E-state index in [1.54, 1.807) is 6.20 Å². The first-order chi connectivity index (χ1) is 15.7. The second-order valence-corrected chi connectivity index (χ2v) is 8.55. The van der Waals surface area contributed by atoms with Gasteiger partial charge in [0.1, 0.15) is 11.8 Å². The molecule has 3 aromatic rings. The molecule has 4 N–H and O–H groups in total. The molecule has 164 valence electrons. The minimum absolute atomic E-state index is 0.214. The molecule has 6 rings (SSSR count). The van der Waals surface area contributed by atoms with Gasteiger partial charge in [-0.05, 0) is 37.1 Å². The zero-order valence-electron chi connectivity index (χ0n) is 17.3. The van der Waals surface area contributed by atoms with E-state index in [0.717, 1.165) is 40.8 Å². The molecule has 4 unspecified atom stereocenters. The van der Waals surface area contributed by atoms with E-state index in [1.165, 1.54) is 0 Å². The average Bonchev–Trinajstić information content (AvgIpc) is 3.39. The van der Waals surface area contributed by atoms with Crippen molar-refractivity contribution >= 4 is 40.3 Å². The van der Waals surface area contributed by atoms with Gasteiger partial charge in [-0.3, -0.25) is 9.98 Å². The van der Waals surface area contributed by atoms with Gasteiger partial charge in [0.25, 0.3) is 0 Å². The predicted octanol–water partition coefficient (Wildman–Crippen LogP) is 2.65. The summed E-state index contributed by atoms with van der Waals surface area (Å²) in [5.74, 6) is 0.957. The second kappa shape index (κ2) is 7.77. The van der Waals surface area contributed by atoms with Crippen molar-refractivity contribution in [2.45, 2.75) is 49.5 Å². The molecule has 9 heteroatoms. The lowest BCUT2D eigenvalue weighted by Crippen LogP contribution is -2.25. The number of nitrogens with one attached hydrogen (secondary N) is 2. The zero-order valence-corrected chi connectivity index (χ0v) is 17.3. The molecule has 2 aromatic heterocycles. The molecule has 2 fully saturated rings. The number of benzene rings is 1. The van der Waals surface area contributed by atoms with E-state index in [0.29, 0.717) is 24.2 Å². The summed E-state index contributed by atoms with van der Waals surface area (Å²) in [6.07, 6.45) is 4.66. The minimum Gasteiger partial charge on any atom is -0.394 e. The lowest BCUT2D eigenvalue weighted by Gasteiger charge is -2.19. The molecule has 0 amide bonds. The number of aliphatic hydroxyl groups is 2. The standard InChI is InChI=1S/C23H24N6O3/c30-11-19-17(31)9-18(32-19)14-10-25-21-20(14)28-23(29-22(21)26-12-6-7-12)27-16-5-1-4-15-13(16)3-2-8-24-15/h1-5,8,10,12,14,17-19,30-31H,6-7,9,11H2,(H2,26,27,28,29). The number of aromatic nitrogens is 3. The lowest BCUT2D eigenvalue weighted by atomic mass is 9.97. The van der Waals surface area contributed by atoms with Crippen molar-refractivity contribution in [3.05, 3.63) is 42.2 Å². The normalized spacial score (nSPS) is 26.4. The Hall–Kier alpha value is -3.14. The second-order valence-electron chi connectivity index (χ2n) is 8.55. The maximum absolute atomic E-state index is 10.2. The molecule has 3 aliphatic rings. The Bertz CT molecular complexity index is 1190. The summed E-state index contributed by atoms with van der Waals surface area (Å²) >= 11 is 0. The third-order valence-electron chi connectivity index (χ3n) is 6.23. The van der Waals surface area contributed by atoms with E-state index in [1.807, 2.05) is 36.5 Å². The number of hydrogen-bond donors (Lipinski definition) is 4. The van der Waals surface area contributed by atoms with Crippen molar-refractivity contribution in [1.29, 1.82) is 0 Å². The van der Waals surface area contributed by atoms with Crippen LogP contribution >= 0.6 is 0 Å². The summed E-state index contributed by atoms with van der Waals surface area (Å²) in [5, 5.41) is 27.5. The number of aliphatic hydroxyl groups excluding tert-OH is 2. The Morgan fingerprint density at radius 1 is 1.12 bits per heavy atom. The van der Waals surface area contributed by atoms with Crippen molar-refractivity contribution in [2.75, 3.05) is 17.2 Å². The van der Waals surface area contributed by atoms with Crippen molar-refractivity contribution in [3.63, 3.8) is 0 Å². The van der Waals surface area contributed by atoms with Gasteiger partial charge in [-0.2, -0.15) is 4.98 Å². The van der Waals surface area contributed by atoms with E-state index in [4.69, 9.17) is 14.7 Å². The molecule has 32 heavy (non-hydrogen) atoms. The van der Waals surface area contributed by atoms with Crippen LogP contribution in [0.15, 0.2) is 41.5 Å². The van der Waals surface area contributed by atoms with Gasteiger partial charge in [-0.25, -0.2) is 4.98 Å². The predicted molar refractivity (Wildman–Crippen MR) is 121 cm³/mol.